The maximum Gasteiger partial charge on any atom is 0.416 e. The van der Waals surface area contributed by atoms with E-state index in [4.69, 9.17) is 16.3 Å². The number of likely N-dealkylation sites (N-methyl/N-ethyl adjacent to an activating group) is 2. The molecule has 23 nitrogen and oxygen atoms in total. The molecule has 16 rings (SSSR count). The van der Waals surface area contributed by atoms with Crippen LogP contribution in [0, 0.1) is 33.5 Å². The Balaban J connectivity index is 0.000000162. The van der Waals surface area contributed by atoms with Crippen molar-refractivity contribution < 1.29 is 87.0 Å². The maximum absolute atomic E-state index is 13.4. The summed E-state index contributed by atoms with van der Waals surface area (Å²) < 4.78 is 135. The molecule has 145 heavy (non-hydrogen) atoms. The van der Waals surface area contributed by atoms with Crippen molar-refractivity contribution in [3.63, 3.8) is 0 Å². The molecule has 0 spiro atoms. The van der Waals surface area contributed by atoms with Crippen LogP contribution < -0.4 is 42.5 Å². The Labute approximate surface area is 852 Å². The summed E-state index contributed by atoms with van der Waals surface area (Å²) in [5.41, 5.74) is 8.12. The van der Waals surface area contributed by atoms with Crippen LogP contribution in [0.5, 0.6) is 0 Å². The van der Waals surface area contributed by atoms with E-state index in [0.717, 1.165) is 187 Å². The number of hydrogen-bond acceptors (Lipinski definition) is 16. The lowest BCUT2D eigenvalue weighted by atomic mass is 10.1. The zero-order valence-electron chi connectivity index (χ0n) is 83.1. The first kappa shape index (κ1) is 111. The van der Waals surface area contributed by atoms with Gasteiger partial charge in [0.05, 0.1) is 30.0 Å². The first-order valence-corrected chi connectivity index (χ1v) is 52.1. The van der Waals surface area contributed by atoms with Crippen molar-refractivity contribution in [1.82, 2.24) is 71.9 Å². The van der Waals surface area contributed by atoms with E-state index in [1.165, 1.54) is 63.2 Å². The summed E-state index contributed by atoms with van der Waals surface area (Å²) in [5.74, 6) is -0.104. The van der Waals surface area contributed by atoms with Crippen LogP contribution in [0.2, 0.25) is 5.02 Å². The first-order valence-electron chi connectivity index (χ1n) is 50.5. The molecule has 0 bridgehead atoms. The molecule has 8 N–H and O–H groups in total. The number of amides is 8. The number of nitrogens with one attached hydrogen (secondary N) is 8. The molecule has 8 amide bonds. The van der Waals surface area contributed by atoms with Crippen LogP contribution in [0.3, 0.4) is 0 Å². The van der Waals surface area contributed by atoms with Crippen LogP contribution in [0.1, 0.15) is 223 Å². The van der Waals surface area contributed by atoms with Crippen molar-refractivity contribution in [2.45, 2.75) is 215 Å². The van der Waals surface area contributed by atoms with Crippen molar-refractivity contribution in [3.8, 4) is 0 Å². The Bertz CT molecular complexity index is 5560. The number of ether oxygens (including phenoxy) is 1. The van der Waals surface area contributed by atoms with Gasteiger partial charge in [0.2, 0.25) is 23.6 Å². The molecule has 12 atom stereocenters. The van der Waals surface area contributed by atoms with Gasteiger partial charge in [0.1, 0.15) is 30.0 Å². The van der Waals surface area contributed by atoms with Gasteiger partial charge in [0.25, 0.3) is 23.6 Å². The molecule has 4 unspecified atom stereocenters. The third-order valence-electron chi connectivity index (χ3n) is 28.1. The molecule has 8 aromatic rings. The van der Waals surface area contributed by atoms with Gasteiger partial charge in [-0.2, -0.15) is 39.5 Å². The number of alkyl halides is 9. The molecule has 0 radical (unpaired) electrons. The largest absolute Gasteiger partial charge is 0.416 e. The highest BCUT2D eigenvalue weighted by molar-refractivity contribution is 7.99. The van der Waals surface area contributed by atoms with E-state index in [1.54, 1.807) is 31.4 Å². The number of piperidine rings is 2. The Hall–Kier alpha value is -10.8. The van der Waals surface area contributed by atoms with Gasteiger partial charge in [-0.25, -0.2) is 4.39 Å². The summed E-state index contributed by atoms with van der Waals surface area (Å²) >= 11 is 7.80. The number of thioether (sulfide) groups is 1. The lowest BCUT2D eigenvalue weighted by Gasteiger charge is -2.36. The second-order valence-corrected chi connectivity index (χ2v) is 40.6. The molecule has 782 valence electrons. The lowest BCUT2D eigenvalue weighted by Crippen LogP contribution is -2.55. The quantitative estimate of drug-likeness (QED) is 0.0102. The Kier molecular flexibility index (Phi) is 40.5. The topological polar surface area (TPSA) is 261 Å². The van der Waals surface area contributed by atoms with Crippen LogP contribution >= 0.6 is 23.4 Å². The number of halogens is 11. The van der Waals surface area contributed by atoms with E-state index in [9.17, 15) is 82.3 Å². The first-order chi connectivity index (χ1) is 69.4. The minimum atomic E-state index is -4.47. The van der Waals surface area contributed by atoms with Crippen LogP contribution in [0.25, 0.3) is 0 Å². The molecule has 8 aromatic carbocycles. The highest BCUT2D eigenvalue weighted by atomic mass is 35.5. The lowest BCUT2D eigenvalue weighted by molar-refractivity contribution is -0.138. The number of benzene rings is 8. The Morgan fingerprint density at radius 3 is 1.09 bits per heavy atom. The van der Waals surface area contributed by atoms with E-state index in [0.29, 0.717) is 156 Å². The highest BCUT2D eigenvalue weighted by Gasteiger charge is 2.44. The molecule has 4 heterocycles. The minimum absolute atomic E-state index is 0.0625. The summed E-state index contributed by atoms with van der Waals surface area (Å²) in [6.45, 7) is 21.2. The molecule has 0 aromatic heterocycles. The zero-order valence-corrected chi connectivity index (χ0v) is 84.7. The van der Waals surface area contributed by atoms with Crippen molar-refractivity contribution in [1.29, 1.82) is 0 Å². The highest BCUT2D eigenvalue weighted by Crippen LogP contribution is 2.45. The molecule has 4 aliphatic carbocycles. The fraction of sp³-hybridized carbons (Fsp3) is 0.491. The van der Waals surface area contributed by atoms with Gasteiger partial charge in [0, 0.05) is 165 Å². The maximum atomic E-state index is 13.4. The number of likely N-dealkylation sites (tertiary alicyclic amines) is 2. The van der Waals surface area contributed by atoms with Gasteiger partial charge < -0.3 is 71.4 Å². The van der Waals surface area contributed by atoms with Crippen LogP contribution in [0.4, 0.5) is 43.9 Å². The number of aryl methyl sites for hydroxylation is 4. The van der Waals surface area contributed by atoms with E-state index in [1.807, 2.05) is 26.1 Å². The normalized spacial score (nSPS) is 20.7. The van der Waals surface area contributed by atoms with E-state index in [-0.39, 0.29) is 46.9 Å². The Morgan fingerprint density at radius 2 is 0.710 bits per heavy atom. The number of rotatable bonds is 37. The van der Waals surface area contributed by atoms with Crippen molar-refractivity contribution in [2.24, 2.45) is 0 Å². The number of carbonyl (C=O) groups excluding carboxylic acids is 8. The summed E-state index contributed by atoms with van der Waals surface area (Å²) in [4.78, 5) is 116. The van der Waals surface area contributed by atoms with Crippen LogP contribution in [-0.4, -0.2) is 255 Å². The number of piperazine rings is 2. The third-order valence-corrected chi connectivity index (χ3v) is 29.5. The fourth-order valence-corrected chi connectivity index (χ4v) is 19.7. The SMILES string of the molecule is CCN1CCN(C(=O)[C@H](CCCNC2C[C@H]2c2ccc(C)cc2)NC(=O)c2ccc(C(F)(F)F)cc2)CC1.Cc1ccc([C@@H]2CC2NCCC[C@H](NC(=O)c2ccc(C(F)(F)F)cc2)C(=O)N2CCCCC2)cc1Cl.Cc1ccc([C@@H]2CC2NCOC[C@H](NC(=O)c2ccc(F)cc2)C(=O)N2CCN(C)CC2)cc1.Cc1ccc([C@@H]2CC2NCSC[C@H](NC(=O)c2ccc(C(F)(F)F)cc2)C(=O)N2CCCCC2)cc1. The minimum Gasteiger partial charge on any atom is -0.364 e. The van der Waals surface area contributed by atoms with E-state index < -0.39 is 88.8 Å². The molecule has 4 saturated heterocycles. The average Bonchev–Trinajstić information content (AvgIpc) is 1.71. The van der Waals surface area contributed by atoms with Gasteiger partial charge >= 0.3 is 18.5 Å². The number of nitrogens with zero attached hydrogens (tertiary/aromatic N) is 6. The summed E-state index contributed by atoms with van der Waals surface area (Å²) in [6.07, 6.45) is -1.03. The van der Waals surface area contributed by atoms with Crippen LogP contribution in [0.15, 0.2) is 188 Å². The van der Waals surface area contributed by atoms with Gasteiger partial charge in [-0.3, -0.25) is 43.7 Å². The van der Waals surface area contributed by atoms with E-state index >= 15 is 0 Å². The smallest absolute Gasteiger partial charge is 0.364 e. The fourth-order valence-electron chi connectivity index (χ4n) is 18.6. The molecule has 4 saturated carbocycles. The second kappa shape index (κ2) is 52.7. The third kappa shape index (κ3) is 33.9. The molecule has 4 aliphatic heterocycles. The van der Waals surface area contributed by atoms with Crippen LogP contribution in [-0.2, 0) is 42.4 Å². The van der Waals surface area contributed by atoms with E-state index in [2.05, 4.69) is 159 Å². The molecule has 35 heteroatoms. The zero-order chi connectivity index (χ0) is 104. The van der Waals surface area contributed by atoms with Gasteiger partial charge in [0.15, 0.2) is 0 Å². The molecule has 8 aliphatic rings. The standard InChI is InChI=1S/C29H37F3N4O2.C28H33ClF3N3O2.C27H32F3N3O2S.C26H33FN4O3/c1-3-35-15-17-36(18-16-35)28(38)25(34-27(37)22-10-12-23(13-11-22)29(30,31)32)5-4-14-33-26-19-24(26)21-8-6-20(2)7-9-21;1-18-7-8-20(16-23(18)29)22-17-25(22)33-13-5-6-24(27(37)35-14-3-2-4-15-35)34-26(36)19-9-11-21(12-10-19)28(30,31)32;1-18-5-7-19(8-6-18)22-15-23(22)31-17-36-16-24(26(35)33-13-3-2-4-14-33)32-25(34)20-9-11-21(12-10-20)27(28,29)30;1-18-3-5-19(6-4-18)22-15-23(22)28-17-34-16-24(26(33)31-13-11-30(2)12-14-31)29-25(32)20-7-9-21(27)10-8-20/h6-13,24-26,33H,3-5,14-19H2,1-2H3,(H,34,37);7-12,16,22,24-25,33H,2-6,13-15,17H2,1H3,(H,34,36);5-12,22-24,31H,2-4,13-17H2,1H3,(H,32,34);3-10,22-24,28H,11-17H2,1-2H3,(H,29,32)/t24-,25-,26?;22-,24-,25?;2*22-,23?,24-/m0000/s1. The summed E-state index contributed by atoms with van der Waals surface area (Å²) in [5, 5.41) is 25.9. The van der Waals surface area contributed by atoms with Gasteiger partial charge in [-0.05, 0) is 275 Å². The predicted octanol–water partition coefficient (Wildman–Crippen LogP) is 17.0. The number of carbonyl (C=O) groups is 8. The van der Waals surface area contributed by atoms with Gasteiger partial charge in [-0.15, -0.1) is 11.8 Å². The monoisotopic (exact) mass is 2050 g/mol. The molecular weight excluding hydrogens is 1920 g/mol. The van der Waals surface area contributed by atoms with Gasteiger partial charge in [-0.1, -0.05) is 120 Å². The average molecular weight is 2050 g/mol. The summed E-state index contributed by atoms with van der Waals surface area (Å²) in [7, 11) is 2.02. The molecule has 8 fully saturated rings. The van der Waals surface area contributed by atoms with Crippen molar-refractivity contribution >= 4 is 70.6 Å². The van der Waals surface area contributed by atoms with Crippen molar-refractivity contribution in [2.75, 3.05) is 130 Å². The second-order valence-electron chi connectivity index (χ2n) is 39.2. The van der Waals surface area contributed by atoms with Crippen molar-refractivity contribution in [3.05, 3.63) is 282 Å². The Morgan fingerprint density at radius 1 is 0.386 bits per heavy atom. The number of hydrogen-bond donors (Lipinski definition) is 8. The summed E-state index contributed by atoms with van der Waals surface area (Å²) in [6, 6.07) is 47.9. The predicted molar refractivity (Wildman–Crippen MR) is 543 cm³/mol. The molecular formula is C110H135ClF10N14O9S.